The number of carbonyl (C=O) groups excluding carboxylic acids is 1. The third-order valence-electron chi connectivity index (χ3n) is 2.46. The first-order chi connectivity index (χ1) is 9.43. The molecule has 0 aliphatic carbocycles. The van der Waals surface area contributed by atoms with Gasteiger partial charge in [0.2, 0.25) is 5.91 Å². The molecule has 7 nitrogen and oxygen atoms in total. The van der Waals surface area contributed by atoms with Crippen LogP contribution in [0.3, 0.4) is 0 Å². The Hall–Kier alpha value is -2.54. The molecule has 0 spiro atoms. The Kier molecular flexibility index (Phi) is 5.55. The minimum absolute atomic E-state index is 0.0884. The lowest BCUT2D eigenvalue weighted by Crippen LogP contribution is -2.40. The summed E-state index contributed by atoms with van der Waals surface area (Å²) >= 11 is 0. The number of phenols is 2. The lowest BCUT2D eigenvalue weighted by Gasteiger charge is -2.11. The topological polar surface area (TPSA) is 127 Å². The Morgan fingerprint density at radius 3 is 2.50 bits per heavy atom. The average Bonchev–Trinajstić information content (AvgIpc) is 2.39. The van der Waals surface area contributed by atoms with Crippen molar-refractivity contribution >= 4 is 18.0 Å². The first-order valence-corrected chi connectivity index (χ1v) is 5.78. The summed E-state index contributed by atoms with van der Waals surface area (Å²) in [6.45, 7) is -0.354. The molecule has 1 aromatic rings. The van der Waals surface area contributed by atoms with Crippen LogP contribution < -0.4 is 5.32 Å². The molecule has 0 aliphatic heterocycles. The summed E-state index contributed by atoms with van der Waals surface area (Å²) in [5.74, 6) is -2.47. The van der Waals surface area contributed by atoms with Gasteiger partial charge in [-0.05, 0) is 23.8 Å². The van der Waals surface area contributed by atoms with E-state index in [-0.39, 0.29) is 24.5 Å². The van der Waals surface area contributed by atoms with Gasteiger partial charge in [-0.15, -0.1) is 0 Å². The van der Waals surface area contributed by atoms with Gasteiger partial charge in [0.1, 0.15) is 6.04 Å². The number of hydrogen-bond donors (Lipinski definition) is 5. The van der Waals surface area contributed by atoms with Crippen LogP contribution in [0.25, 0.3) is 6.08 Å². The summed E-state index contributed by atoms with van der Waals surface area (Å²) in [6.07, 6.45) is 2.36. The Bertz CT molecular complexity index is 526. The molecule has 0 fully saturated rings. The number of rotatable bonds is 6. The molecule has 1 rings (SSSR count). The van der Waals surface area contributed by atoms with Gasteiger partial charge in [-0.2, -0.15) is 0 Å². The lowest BCUT2D eigenvalue weighted by atomic mass is 10.2. The van der Waals surface area contributed by atoms with Gasteiger partial charge in [-0.25, -0.2) is 4.79 Å². The van der Waals surface area contributed by atoms with Crippen LogP contribution in [0, 0.1) is 0 Å². The number of carboxylic acids is 1. The van der Waals surface area contributed by atoms with E-state index in [2.05, 4.69) is 5.32 Å². The van der Waals surface area contributed by atoms with Crippen molar-refractivity contribution in [2.75, 3.05) is 6.61 Å². The largest absolute Gasteiger partial charge is 0.504 e. The second-order valence-corrected chi connectivity index (χ2v) is 3.99. The zero-order valence-electron chi connectivity index (χ0n) is 10.5. The minimum Gasteiger partial charge on any atom is -0.504 e. The molecule has 1 amide bonds. The normalized spacial score (nSPS) is 12.2. The molecule has 0 saturated carbocycles. The number of amides is 1. The van der Waals surface area contributed by atoms with Gasteiger partial charge < -0.3 is 25.7 Å². The fourth-order valence-corrected chi connectivity index (χ4v) is 1.42. The van der Waals surface area contributed by atoms with Crippen molar-refractivity contribution in [2.24, 2.45) is 0 Å². The molecular formula is C13H15NO6. The van der Waals surface area contributed by atoms with Gasteiger partial charge in [-0.1, -0.05) is 6.07 Å². The fraction of sp³-hybridized carbons (Fsp3) is 0.231. The lowest BCUT2D eigenvalue weighted by molar-refractivity contribution is -0.141. The summed E-state index contributed by atoms with van der Waals surface area (Å²) in [4.78, 5) is 22.3. The van der Waals surface area contributed by atoms with Crippen molar-refractivity contribution in [3.05, 3.63) is 29.8 Å². The van der Waals surface area contributed by atoms with Gasteiger partial charge in [0.15, 0.2) is 11.5 Å². The highest BCUT2D eigenvalue weighted by Gasteiger charge is 2.17. The maximum Gasteiger partial charge on any atom is 0.326 e. The third-order valence-corrected chi connectivity index (χ3v) is 2.46. The van der Waals surface area contributed by atoms with Crippen molar-refractivity contribution in [2.45, 2.75) is 12.5 Å². The van der Waals surface area contributed by atoms with Crippen LogP contribution >= 0.6 is 0 Å². The standard InChI is InChI=1S/C13H15NO6/c15-6-5-9(13(19)20)14-12(18)4-2-8-1-3-10(16)11(17)7-8/h1-4,7,9,15-17H,5-6H2,(H,14,18)(H,19,20)/t9-/m0/s1. The van der Waals surface area contributed by atoms with Gasteiger partial charge in [0.05, 0.1) is 0 Å². The fourth-order valence-electron chi connectivity index (χ4n) is 1.42. The molecule has 0 unspecified atom stereocenters. The van der Waals surface area contributed by atoms with Crippen molar-refractivity contribution in [1.29, 1.82) is 0 Å². The second-order valence-electron chi connectivity index (χ2n) is 3.99. The molecule has 1 aromatic carbocycles. The first kappa shape index (κ1) is 15.5. The number of aliphatic hydroxyl groups is 1. The van der Waals surface area contributed by atoms with Crippen molar-refractivity contribution in [3.63, 3.8) is 0 Å². The van der Waals surface area contributed by atoms with E-state index in [1.807, 2.05) is 0 Å². The van der Waals surface area contributed by atoms with Crippen LogP contribution in [-0.2, 0) is 9.59 Å². The molecule has 20 heavy (non-hydrogen) atoms. The highest BCUT2D eigenvalue weighted by molar-refractivity contribution is 5.94. The maximum atomic E-state index is 11.5. The van der Waals surface area contributed by atoms with E-state index in [1.54, 1.807) is 0 Å². The summed E-state index contributed by atoms with van der Waals surface area (Å²) in [7, 11) is 0. The SMILES string of the molecule is O=C(C=Cc1ccc(O)c(O)c1)N[C@@H](CCO)C(=O)O. The molecule has 0 bridgehead atoms. The molecule has 7 heteroatoms. The third kappa shape index (κ3) is 4.62. The van der Waals surface area contributed by atoms with Gasteiger partial charge in [0.25, 0.3) is 0 Å². The number of carboxylic acid groups (broad SMARTS) is 1. The minimum atomic E-state index is -1.23. The number of aliphatic carboxylic acids is 1. The first-order valence-electron chi connectivity index (χ1n) is 5.78. The van der Waals surface area contributed by atoms with Crippen LogP contribution in [0.4, 0.5) is 0 Å². The number of nitrogens with one attached hydrogen (secondary N) is 1. The number of aromatic hydroxyl groups is 2. The van der Waals surface area contributed by atoms with Gasteiger partial charge in [-0.3, -0.25) is 4.79 Å². The quantitative estimate of drug-likeness (QED) is 0.371. The van der Waals surface area contributed by atoms with Crippen molar-refractivity contribution < 1.29 is 30.0 Å². The predicted molar refractivity (Wildman–Crippen MR) is 70.1 cm³/mol. The van der Waals surface area contributed by atoms with E-state index in [1.165, 1.54) is 24.3 Å². The Morgan fingerprint density at radius 2 is 1.95 bits per heavy atom. The molecule has 0 aromatic heterocycles. The van der Waals surface area contributed by atoms with Crippen LogP contribution in [0.15, 0.2) is 24.3 Å². The van der Waals surface area contributed by atoms with E-state index in [9.17, 15) is 14.7 Å². The van der Waals surface area contributed by atoms with E-state index in [4.69, 9.17) is 15.3 Å². The van der Waals surface area contributed by atoms with Crippen molar-refractivity contribution in [1.82, 2.24) is 5.32 Å². The van der Waals surface area contributed by atoms with Crippen LogP contribution in [0.5, 0.6) is 11.5 Å². The van der Waals surface area contributed by atoms with Crippen LogP contribution in [0.1, 0.15) is 12.0 Å². The number of benzene rings is 1. The molecule has 0 radical (unpaired) electrons. The number of hydrogen-bond acceptors (Lipinski definition) is 5. The summed E-state index contributed by atoms with van der Waals surface area (Å²) < 4.78 is 0. The highest BCUT2D eigenvalue weighted by Crippen LogP contribution is 2.25. The number of aliphatic hydroxyl groups excluding tert-OH is 1. The zero-order valence-corrected chi connectivity index (χ0v) is 10.5. The number of phenolic OH excluding ortho intramolecular Hbond substituents is 2. The Labute approximate surface area is 114 Å². The van der Waals surface area contributed by atoms with E-state index in [0.29, 0.717) is 5.56 Å². The predicted octanol–water partition coefficient (Wildman–Crippen LogP) is 0.0628. The summed E-state index contributed by atoms with van der Waals surface area (Å²) in [6, 6.07) is 2.83. The molecule has 0 aliphatic rings. The van der Waals surface area contributed by atoms with Crippen LogP contribution in [-0.4, -0.2) is 45.0 Å². The zero-order chi connectivity index (χ0) is 15.1. The Balaban J connectivity index is 2.67. The molecular weight excluding hydrogens is 266 g/mol. The molecule has 1 atom stereocenters. The van der Waals surface area contributed by atoms with Crippen molar-refractivity contribution in [3.8, 4) is 11.5 Å². The van der Waals surface area contributed by atoms with Gasteiger partial charge in [0, 0.05) is 19.1 Å². The van der Waals surface area contributed by atoms with Gasteiger partial charge >= 0.3 is 5.97 Å². The monoisotopic (exact) mass is 281 g/mol. The highest BCUT2D eigenvalue weighted by atomic mass is 16.4. The smallest absolute Gasteiger partial charge is 0.326 e. The molecule has 5 N–H and O–H groups in total. The second kappa shape index (κ2) is 7.15. The molecule has 108 valence electrons. The van der Waals surface area contributed by atoms with E-state index in [0.717, 1.165) is 6.08 Å². The summed E-state index contributed by atoms with van der Waals surface area (Å²) in [5.41, 5.74) is 0.462. The Morgan fingerprint density at radius 1 is 1.25 bits per heavy atom. The molecule has 0 saturated heterocycles. The van der Waals surface area contributed by atoms with Crippen LogP contribution in [0.2, 0.25) is 0 Å². The van der Waals surface area contributed by atoms with E-state index < -0.39 is 17.9 Å². The van der Waals surface area contributed by atoms with E-state index >= 15 is 0 Å². The maximum absolute atomic E-state index is 11.5. The number of carbonyl (C=O) groups is 2. The summed E-state index contributed by atoms with van der Waals surface area (Å²) in [5, 5.41) is 38.1. The molecule has 0 heterocycles. The average molecular weight is 281 g/mol.